The standard InChI is InChI=1S/C16H20N2O2/c1-12-6-7-13(4-2-8-17)10-15(12)16(19)18-14-5-3-9-20-11-14/h6-7,10,14H,3,5,8-9,11,17H2,1H3,(H,18,19). The van der Waals surface area contributed by atoms with E-state index in [1.165, 1.54) is 0 Å². The number of amides is 1. The van der Waals surface area contributed by atoms with Gasteiger partial charge in [0.25, 0.3) is 5.91 Å². The number of hydrogen-bond donors (Lipinski definition) is 2. The number of benzene rings is 1. The molecule has 1 saturated heterocycles. The third kappa shape index (κ3) is 3.83. The van der Waals surface area contributed by atoms with Crippen molar-refractivity contribution >= 4 is 5.91 Å². The Hall–Kier alpha value is -1.83. The van der Waals surface area contributed by atoms with Gasteiger partial charge >= 0.3 is 0 Å². The molecule has 0 saturated carbocycles. The van der Waals surface area contributed by atoms with Gasteiger partial charge in [-0.3, -0.25) is 4.79 Å². The second kappa shape index (κ2) is 7.09. The quantitative estimate of drug-likeness (QED) is 0.796. The van der Waals surface area contributed by atoms with Gasteiger partial charge in [0.15, 0.2) is 0 Å². The summed E-state index contributed by atoms with van der Waals surface area (Å²) < 4.78 is 5.37. The van der Waals surface area contributed by atoms with Crippen LogP contribution in [0, 0.1) is 18.8 Å². The number of carbonyl (C=O) groups is 1. The molecule has 1 atom stereocenters. The summed E-state index contributed by atoms with van der Waals surface area (Å²) in [5.74, 6) is 5.69. The Morgan fingerprint density at radius 3 is 3.10 bits per heavy atom. The van der Waals surface area contributed by atoms with E-state index in [2.05, 4.69) is 17.2 Å². The lowest BCUT2D eigenvalue weighted by Crippen LogP contribution is -2.40. The SMILES string of the molecule is Cc1ccc(C#CCN)cc1C(=O)NC1CCCOC1. The normalized spacial score (nSPS) is 18.0. The molecule has 1 aromatic rings. The predicted molar refractivity (Wildman–Crippen MR) is 78.4 cm³/mol. The minimum atomic E-state index is -0.0607. The fourth-order valence-electron chi connectivity index (χ4n) is 2.22. The van der Waals surface area contributed by atoms with Crippen LogP contribution in [0.3, 0.4) is 0 Å². The van der Waals surface area contributed by atoms with Crippen LogP contribution in [0.5, 0.6) is 0 Å². The van der Waals surface area contributed by atoms with E-state index in [1.54, 1.807) is 0 Å². The molecule has 1 aliphatic heterocycles. The first-order valence-corrected chi connectivity index (χ1v) is 6.89. The van der Waals surface area contributed by atoms with Gasteiger partial charge in [-0.15, -0.1) is 0 Å². The predicted octanol–water partition coefficient (Wildman–Crippen LogP) is 1.21. The van der Waals surface area contributed by atoms with E-state index in [1.807, 2.05) is 25.1 Å². The molecule has 0 radical (unpaired) electrons. The van der Waals surface area contributed by atoms with Crippen LogP contribution in [-0.2, 0) is 4.74 Å². The van der Waals surface area contributed by atoms with Crippen molar-refractivity contribution in [1.29, 1.82) is 0 Å². The maximum absolute atomic E-state index is 12.3. The van der Waals surface area contributed by atoms with Gasteiger partial charge in [0.05, 0.1) is 19.2 Å². The first-order valence-electron chi connectivity index (χ1n) is 6.89. The zero-order valence-corrected chi connectivity index (χ0v) is 11.7. The molecular formula is C16H20N2O2. The molecule has 1 unspecified atom stereocenters. The van der Waals surface area contributed by atoms with Crippen molar-refractivity contribution in [2.45, 2.75) is 25.8 Å². The van der Waals surface area contributed by atoms with Gasteiger partial charge in [0.2, 0.25) is 0 Å². The van der Waals surface area contributed by atoms with Gasteiger partial charge in [-0.25, -0.2) is 0 Å². The molecule has 4 nitrogen and oxygen atoms in total. The van der Waals surface area contributed by atoms with E-state index >= 15 is 0 Å². The first kappa shape index (κ1) is 14.6. The molecule has 1 amide bonds. The molecule has 0 bridgehead atoms. The van der Waals surface area contributed by atoms with Gasteiger partial charge in [0.1, 0.15) is 0 Å². The molecule has 0 aliphatic carbocycles. The van der Waals surface area contributed by atoms with E-state index in [4.69, 9.17) is 10.5 Å². The molecule has 4 heteroatoms. The van der Waals surface area contributed by atoms with E-state index < -0.39 is 0 Å². The third-order valence-corrected chi connectivity index (χ3v) is 3.31. The molecule has 0 spiro atoms. The summed E-state index contributed by atoms with van der Waals surface area (Å²) >= 11 is 0. The lowest BCUT2D eigenvalue weighted by Gasteiger charge is -2.23. The number of ether oxygens (including phenoxy) is 1. The first-order chi connectivity index (χ1) is 9.70. The van der Waals surface area contributed by atoms with Gasteiger partial charge in [-0.05, 0) is 37.5 Å². The van der Waals surface area contributed by atoms with Crippen molar-refractivity contribution in [1.82, 2.24) is 5.32 Å². The lowest BCUT2D eigenvalue weighted by atomic mass is 10.0. The second-order valence-corrected chi connectivity index (χ2v) is 4.92. The van der Waals surface area contributed by atoms with Crippen LogP contribution < -0.4 is 11.1 Å². The molecule has 0 aromatic heterocycles. The molecule has 1 aromatic carbocycles. The molecular weight excluding hydrogens is 252 g/mol. The number of hydrogen-bond acceptors (Lipinski definition) is 3. The maximum Gasteiger partial charge on any atom is 0.251 e. The molecule has 1 fully saturated rings. The highest BCUT2D eigenvalue weighted by Gasteiger charge is 2.18. The van der Waals surface area contributed by atoms with Crippen LogP contribution in [0.25, 0.3) is 0 Å². The van der Waals surface area contributed by atoms with Gasteiger partial charge in [-0.2, -0.15) is 0 Å². The summed E-state index contributed by atoms with van der Waals surface area (Å²) in [6.07, 6.45) is 1.96. The van der Waals surface area contributed by atoms with E-state index in [0.29, 0.717) is 18.7 Å². The average Bonchev–Trinajstić information content (AvgIpc) is 2.47. The van der Waals surface area contributed by atoms with Gasteiger partial charge in [-0.1, -0.05) is 17.9 Å². The smallest absolute Gasteiger partial charge is 0.251 e. The maximum atomic E-state index is 12.3. The molecule has 20 heavy (non-hydrogen) atoms. The Bertz CT molecular complexity index is 537. The largest absolute Gasteiger partial charge is 0.379 e. The Morgan fingerprint density at radius 1 is 1.55 bits per heavy atom. The second-order valence-electron chi connectivity index (χ2n) is 4.92. The van der Waals surface area contributed by atoms with Crippen LogP contribution in [0.15, 0.2) is 18.2 Å². The number of nitrogens with one attached hydrogen (secondary N) is 1. The van der Waals surface area contributed by atoms with Crippen molar-refractivity contribution in [3.8, 4) is 11.8 Å². The summed E-state index contributed by atoms with van der Waals surface area (Å²) in [6.45, 7) is 3.62. The summed E-state index contributed by atoms with van der Waals surface area (Å²) in [7, 11) is 0. The Labute approximate surface area is 119 Å². The number of rotatable bonds is 2. The molecule has 1 heterocycles. The van der Waals surface area contributed by atoms with E-state index in [9.17, 15) is 4.79 Å². The Balaban J connectivity index is 2.11. The summed E-state index contributed by atoms with van der Waals surface area (Å²) in [6, 6.07) is 5.73. The monoisotopic (exact) mass is 272 g/mol. The molecule has 1 aliphatic rings. The van der Waals surface area contributed by atoms with Crippen molar-refractivity contribution in [3.05, 3.63) is 34.9 Å². The van der Waals surface area contributed by atoms with Crippen molar-refractivity contribution < 1.29 is 9.53 Å². The Morgan fingerprint density at radius 2 is 2.40 bits per heavy atom. The lowest BCUT2D eigenvalue weighted by molar-refractivity contribution is 0.0624. The minimum Gasteiger partial charge on any atom is -0.379 e. The fraction of sp³-hybridized carbons (Fsp3) is 0.438. The zero-order chi connectivity index (χ0) is 14.4. The van der Waals surface area contributed by atoms with Crippen molar-refractivity contribution in [3.63, 3.8) is 0 Å². The number of nitrogens with two attached hydrogens (primary N) is 1. The summed E-state index contributed by atoms with van der Waals surface area (Å²) in [4.78, 5) is 12.3. The van der Waals surface area contributed by atoms with Crippen LogP contribution in [0.2, 0.25) is 0 Å². The van der Waals surface area contributed by atoms with E-state index in [-0.39, 0.29) is 11.9 Å². The molecule has 106 valence electrons. The highest BCUT2D eigenvalue weighted by Crippen LogP contribution is 2.12. The van der Waals surface area contributed by atoms with Gasteiger partial charge in [0, 0.05) is 17.7 Å². The van der Waals surface area contributed by atoms with Crippen LogP contribution in [0.1, 0.15) is 34.3 Å². The minimum absolute atomic E-state index is 0.0607. The van der Waals surface area contributed by atoms with E-state index in [0.717, 1.165) is 30.6 Å². The summed E-state index contributed by atoms with van der Waals surface area (Å²) in [5.41, 5.74) is 7.78. The van der Waals surface area contributed by atoms with Crippen molar-refractivity contribution in [2.75, 3.05) is 19.8 Å². The molecule has 3 N–H and O–H groups in total. The average molecular weight is 272 g/mol. The van der Waals surface area contributed by atoms with Crippen molar-refractivity contribution in [2.24, 2.45) is 5.73 Å². The number of aryl methyl sites for hydroxylation is 1. The van der Waals surface area contributed by atoms with Gasteiger partial charge < -0.3 is 15.8 Å². The zero-order valence-electron chi connectivity index (χ0n) is 11.7. The number of carbonyl (C=O) groups excluding carboxylic acids is 1. The molecule has 2 rings (SSSR count). The van der Waals surface area contributed by atoms with Crippen LogP contribution in [-0.4, -0.2) is 31.7 Å². The Kier molecular flexibility index (Phi) is 5.16. The highest BCUT2D eigenvalue weighted by molar-refractivity contribution is 5.96. The van der Waals surface area contributed by atoms with Crippen LogP contribution >= 0.6 is 0 Å². The summed E-state index contributed by atoms with van der Waals surface area (Å²) in [5, 5.41) is 3.02. The highest BCUT2D eigenvalue weighted by atomic mass is 16.5. The van der Waals surface area contributed by atoms with Crippen LogP contribution in [0.4, 0.5) is 0 Å². The third-order valence-electron chi connectivity index (χ3n) is 3.31. The fourth-order valence-corrected chi connectivity index (χ4v) is 2.22. The topological polar surface area (TPSA) is 64.4 Å².